The Kier molecular flexibility index (Phi) is 31.7. The monoisotopic (exact) mass is 214 g/mol. The minimum Gasteiger partial charge on any atom is -0.472 e. The van der Waals surface area contributed by atoms with Crippen LogP contribution < -0.4 is 11.5 Å². The van der Waals surface area contributed by atoms with E-state index in [4.69, 9.17) is 10.5 Å². The van der Waals surface area contributed by atoms with Gasteiger partial charge in [0.05, 0.1) is 6.61 Å². The predicted molar refractivity (Wildman–Crippen MR) is 60.4 cm³/mol. The highest BCUT2D eigenvalue weighted by molar-refractivity contribution is 7.96. The summed E-state index contributed by atoms with van der Waals surface area (Å²) in [5, 5.41) is -0.516. The van der Waals surface area contributed by atoms with Gasteiger partial charge in [0.1, 0.15) is 0 Å². The lowest BCUT2D eigenvalue weighted by Gasteiger charge is -1.93. The fourth-order valence-corrected chi connectivity index (χ4v) is 0.260. The fourth-order valence-electron chi connectivity index (χ4n) is 0.142. The van der Waals surface area contributed by atoms with Gasteiger partial charge in [-0.25, -0.2) is 0 Å². The second kappa shape index (κ2) is 16.9. The molecular formula is C6H18N2O2S2. The summed E-state index contributed by atoms with van der Waals surface area (Å²) in [7, 11) is 0. The number of carbonyl (C=O) groups excluding carboxylic acids is 1. The average molecular weight is 214 g/mol. The lowest BCUT2D eigenvalue weighted by molar-refractivity contribution is 0.267. The zero-order chi connectivity index (χ0) is 8.57. The molecule has 12 heavy (non-hydrogen) atoms. The van der Waals surface area contributed by atoms with Crippen molar-refractivity contribution >= 4 is 35.3 Å². The normalized spacial score (nSPS) is 5.83. The van der Waals surface area contributed by atoms with Crippen LogP contribution in [0.1, 0.15) is 21.8 Å². The zero-order valence-electron chi connectivity index (χ0n) is 5.53. The van der Waals surface area contributed by atoms with Crippen LogP contribution in [0.2, 0.25) is 0 Å². The summed E-state index contributed by atoms with van der Waals surface area (Å²) in [4.78, 5) is 9.09. The third-order valence-corrected chi connectivity index (χ3v) is 0.404. The van der Waals surface area contributed by atoms with Gasteiger partial charge >= 0.3 is 0 Å². The van der Waals surface area contributed by atoms with Gasteiger partial charge in [-0.05, 0) is 19.1 Å². The Morgan fingerprint density at radius 2 is 1.75 bits per heavy atom. The maximum atomic E-state index is 9.09. The lowest BCUT2D eigenvalue weighted by atomic mass is 10.9. The van der Waals surface area contributed by atoms with Gasteiger partial charge in [0, 0.05) is 0 Å². The Hall–Kier alpha value is -0.490. The van der Waals surface area contributed by atoms with E-state index in [9.17, 15) is 0 Å². The fraction of sp³-hybridized carbons (Fsp3) is 0.667. The van der Waals surface area contributed by atoms with E-state index >= 15 is 0 Å². The molecule has 0 aromatic heterocycles. The molecule has 0 aromatic rings. The van der Waals surface area contributed by atoms with E-state index < -0.39 is 5.24 Å². The summed E-state index contributed by atoms with van der Waals surface area (Å²) in [5.74, 6) is 0. The van der Waals surface area contributed by atoms with Crippen LogP contribution in [0.3, 0.4) is 0 Å². The smallest absolute Gasteiger partial charge is 0.273 e. The predicted octanol–water partition coefficient (Wildman–Crippen LogP) is 1.53. The molecule has 4 N–H and O–H groups in total. The number of hydrogen-bond donors (Lipinski definition) is 3. The van der Waals surface area contributed by atoms with Crippen molar-refractivity contribution in [2.45, 2.75) is 21.8 Å². The van der Waals surface area contributed by atoms with Gasteiger partial charge in [0.15, 0.2) is 0 Å². The van der Waals surface area contributed by atoms with E-state index in [0.29, 0.717) is 6.61 Å². The summed E-state index contributed by atoms with van der Waals surface area (Å²) < 4.78 is 4.55. The Morgan fingerprint density at radius 3 is 1.75 bits per heavy atom. The van der Waals surface area contributed by atoms with Gasteiger partial charge < -0.3 is 16.2 Å². The first-order valence-corrected chi connectivity index (χ1v) is 3.26. The number of hydrogen-bond acceptors (Lipinski definition) is 3. The molecule has 0 saturated carbocycles. The maximum Gasteiger partial charge on any atom is 0.273 e. The number of thiol groups is 1. The van der Waals surface area contributed by atoms with Crippen LogP contribution in [-0.2, 0) is 4.74 Å². The number of amides is 1. The third-order valence-electron chi connectivity index (χ3n) is 0.287. The number of ether oxygens (including phenoxy) is 1. The summed E-state index contributed by atoms with van der Waals surface area (Å²) >= 11 is 7.46. The molecule has 0 aliphatic heterocycles. The van der Waals surface area contributed by atoms with E-state index in [-0.39, 0.29) is 20.0 Å². The van der Waals surface area contributed by atoms with Gasteiger partial charge in [-0.15, -0.1) is 0 Å². The molecule has 0 aliphatic carbocycles. The van der Waals surface area contributed by atoms with Crippen molar-refractivity contribution in [3.63, 3.8) is 0 Å². The van der Waals surface area contributed by atoms with Crippen LogP contribution in [0.15, 0.2) is 0 Å². The molecule has 76 valence electrons. The highest BCUT2D eigenvalue weighted by atomic mass is 32.1. The summed E-state index contributed by atoms with van der Waals surface area (Å²) in [6.45, 7) is 2.40. The molecule has 0 rings (SSSR count). The molecule has 0 unspecified atom stereocenters. The standard InChI is InChI=1S/C3H7NOS.CH3NOS.2CH4/c1-2-5-3(4)6;2-1(3)4;;/h2H2,1H3,(H2,4,6);(H3,2,3,4);2*1H4. The lowest BCUT2D eigenvalue weighted by Crippen LogP contribution is -2.11. The van der Waals surface area contributed by atoms with E-state index in [1.165, 1.54) is 0 Å². The average Bonchev–Trinajstić information content (AvgIpc) is 1.62. The van der Waals surface area contributed by atoms with Gasteiger partial charge in [0.2, 0.25) is 0 Å². The molecule has 0 fully saturated rings. The largest absolute Gasteiger partial charge is 0.472 e. The van der Waals surface area contributed by atoms with E-state index in [0.717, 1.165) is 0 Å². The minimum absolute atomic E-state index is 0. The van der Waals surface area contributed by atoms with E-state index in [1.54, 1.807) is 0 Å². The Labute approximate surface area is 85.1 Å². The van der Waals surface area contributed by atoms with Crippen molar-refractivity contribution in [1.29, 1.82) is 0 Å². The number of rotatable bonds is 1. The second-order valence-corrected chi connectivity index (χ2v) is 1.93. The first kappa shape index (κ1) is 22.5. The molecular weight excluding hydrogens is 196 g/mol. The minimum atomic E-state index is -0.639. The van der Waals surface area contributed by atoms with E-state index in [1.807, 2.05) is 6.92 Å². The maximum absolute atomic E-state index is 9.09. The Balaban J connectivity index is -0.0000000483. The molecule has 6 heteroatoms. The molecule has 1 amide bonds. The van der Waals surface area contributed by atoms with Crippen molar-refractivity contribution < 1.29 is 9.53 Å². The molecule has 0 spiro atoms. The van der Waals surface area contributed by atoms with Gasteiger partial charge in [-0.3, -0.25) is 4.79 Å². The first-order valence-electron chi connectivity index (χ1n) is 2.41. The molecule has 0 bridgehead atoms. The van der Waals surface area contributed by atoms with Crippen molar-refractivity contribution in [3.05, 3.63) is 0 Å². The summed E-state index contributed by atoms with van der Waals surface area (Å²) in [5.41, 5.74) is 9.25. The number of nitrogens with two attached hydrogens (primary N) is 2. The zero-order valence-corrected chi connectivity index (χ0v) is 7.24. The van der Waals surface area contributed by atoms with E-state index in [2.05, 4.69) is 35.3 Å². The molecule has 0 radical (unpaired) electrons. The van der Waals surface area contributed by atoms with Crippen LogP contribution in [0.5, 0.6) is 0 Å². The van der Waals surface area contributed by atoms with Crippen molar-refractivity contribution in [1.82, 2.24) is 0 Å². The number of thiocarbonyl (C=S) groups is 1. The summed E-state index contributed by atoms with van der Waals surface area (Å²) in [6, 6.07) is 0. The molecule has 4 nitrogen and oxygen atoms in total. The van der Waals surface area contributed by atoms with Gasteiger partial charge in [-0.2, -0.15) is 0 Å². The molecule has 0 aliphatic rings. The van der Waals surface area contributed by atoms with Gasteiger partial charge in [0.25, 0.3) is 10.4 Å². The topological polar surface area (TPSA) is 78.3 Å². The number of primary amides is 1. The Morgan fingerprint density at radius 1 is 1.50 bits per heavy atom. The van der Waals surface area contributed by atoms with Crippen molar-refractivity contribution in [2.75, 3.05) is 6.61 Å². The number of carbonyl (C=O) groups is 1. The van der Waals surface area contributed by atoms with Crippen LogP contribution in [0.25, 0.3) is 0 Å². The highest BCUT2D eigenvalue weighted by Crippen LogP contribution is 1.67. The third kappa shape index (κ3) is 109. The van der Waals surface area contributed by atoms with Crippen molar-refractivity contribution in [2.24, 2.45) is 11.5 Å². The second-order valence-electron chi connectivity index (χ2n) is 1.09. The van der Waals surface area contributed by atoms with Crippen LogP contribution in [0, 0.1) is 0 Å². The van der Waals surface area contributed by atoms with Gasteiger partial charge in [-0.1, -0.05) is 27.5 Å². The van der Waals surface area contributed by atoms with Crippen molar-refractivity contribution in [3.8, 4) is 0 Å². The molecule has 0 saturated heterocycles. The highest BCUT2D eigenvalue weighted by Gasteiger charge is 1.76. The molecule has 0 atom stereocenters. The van der Waals surface area contributed by atoms with Crippen LogP contribution >= 0.6 is 24.8 Å². The van der Waals surface area contributed by atoms with Crippen LogP contribution in [0.4, 0.5) is 4.79 Å². The molecule has 0 heterocycles. The van der Waals surface area contributed by atoms with Crippen LogP contribution in [-0.4, -0.2) is 17.0 Å². The molecule has 0 aromatic carbocycles. The SMILES string of the molecule is C.C.CCOC(N)=S.NC(=O)S. The Bertz CT molecular complexity index is 116. The quantitative estimate of drug-likeness (QED) is 0.457. The first-order chi connectivity index (χ1) is 4.50. The summed E-state index contributed by atoms with van der Waals surface area (Å²) in [6.07, 6.45) is 0.